The highest BCUT2D eigenvalue weighted by Gasteiger charge is 2.21. The second-order valence-electron chi connectivity index (χ2n) is 8.29. The number of fused-ring (bicyclic) bond motifs is 1. The summed E-state index contributed by atoms with van der Waals surface area (Å²) in [6, 6.07) is 15.5. The molecule has 31 heavy (non-hydrogen) atoms. The maximum Gasteiger partial charge on any atom is 0.258 e. The number of likely N-dealkylation sites (N-methyl/N-ethyl adjacent to an activating group) is 1. The lowest BCUT2D eigenvalue weighted by atomic mass is 10.0. The molecule has 0 aromatic heterocycles. The maximum atomic E-state index is 12.7. The van der Waals surface area contributed by atoms with Gasteiger partial charge in [0.1, 0.15) is 5.75 Å². The molecule has 2 amide bonds. The first-order valence-corrected chi connectivity index (χ1v) is 10.9. The van der Waals surface area contributed by atoms with Gasteiger partial charge in [-0.25, -0.2) is 0 Å². The van der Waals surface area contributed by atoms with Gasteiger partial charge in [0.05, 0.1) is 6.04 Å². The summed E-state index contributed by atoms with van der Waals surface area (Å²) in [5, 5.41) is 6.01. The molecule has 7 nitrogen and oxygen atoms in total. The van der Waals surface area contributed by atoms with Crippen molar-refractivity contribution in [2.75, 3.05) is 51.7 Å². The van der Waals surface area contributed by atoms with Crippen LogP contribution >= 0.6 is 0 Å². The first kappa shape index (κ1) is 21.3. The minimum atomic E-state index is -0.144. The molecule has 2 aromatic rings. The molecule has 0 radical (unpaired) electrons. The van der Waals surface area contributed by atoms with Gasteiger partial charge >= 0.3 is 0 Å². The van der Waals surface area contributed by atoms with Gasteiger partial charge < -0.3 is 20.3 Å². The predicted molar refractivity (Wildman–Crippen MR) is 120 cm³/mol. The van der Waals surface area contributed by atoms with Crippen LogP contribution in [0.4, 0.5) is 5.69 Å². The van der Waals surface area contributed by atoms with Gasteiger partial charge in [0, 0.05) is 44.8 Å². The van der Waals surface area contributed by atoms with Gasteiger partial charge in [0.15, 0.2) is 6.61 Å². The summed E-state index contributed by atoms with van der Waals surface area (Å²) in [7, 11) is 2.14. The van der Waals surface area contributed by atoms with Gasteiger partial charge in [0.25, 0.3) is 5.91 Å². The number of piperazine rings is 1. The molecule has 2 heterocycles. The number of anilines is 1. The number of hydrogen-bond acceptors (Lipinski definition) is 5. The molecular formula is C24H30N4O3. The van der Waals surface area contributed by atoms with Gasteiger partial charge in [-0.2, -0.15) is 0 Å². The molecule has 2 aliphatic rings. The Labute approximate surface area is 183 Å². The second kappa shape index (κ2) is 9.94. The van der Waals surface area contributed by atoms with Crippen molar-refractivity contribution in [2.45, 2.75) is 18.9 Å². The summed E-state index contributed by atoms with van der Waals surface area (Å²) in [5.41, 5.74) is 2.96. The number of nitrogens with one attached hydrogen (secondary N) is 2. The second-order valence-corrected chi connectivity index (χ2v) is 8.29. The zero-order valence-corrected chi connectivity index (χ0v) is 18.0. The SMILES string of the molecule is CN1CCN(CC(NC(=O)COc2ccc3c(c2)CCC(=O)N3)c2ccccc2)CC1. The van der Waals surface area contributed by atoms with E-state index >= 15 is 0 Å². The monoisotopic (exact) mass is 422 g/mol. The number of amides is 2. The lowest BCUT2D eigenvalue weighted by molar-refractivity contribution is -0.124. The maximum absolute atomic E-state index is 12.7. The van der Waals surface area contributed by atoms with E-state index < -0.39 is 0 Å². The van der Waals surface area contributed by atoms with Crippen LogP contribution in [0.25, 0.3) is 0 Å². The third kappa shape index (κ3) is 5.83. The lowest BCUT2D eigenvalue weighted by Crippen LogP contribution is -2.48. The van der Waals surface area contributed by atoms with Crippen molar-refractivity contribution in [1.82, 2.24) is 15.1 Å². The van der Waals surface area contributed by atoms with Crippen molar-refractivity contribution < 1.29 is 14.3 Å². The number of hydrogen-bond donors (Lipinski definition) is 2. The molecular weight excluding hydrogens is 392 g/mol. The molecule has 4 rings (SSSR count). The van der Waals surface area contributed by atoms with E-state index in [1.54, 1.807) is 6.07 Å². The third-order valence-electron chi connectivity index (χ3n) is 5.92. The molecule has 0 saturated carbocycles. The highest BCUT2D eigenvalue weighted by Crippen LogP contribution is 2.26. The minimum absolute atomic E-state index is 0.0350. The molecule has 0 aliphatic carbocycles. The van der Waals surface area contributed by atoms with Crippen molar-refractivity contribution >= 4 is 17.5 Å². The van der Waals surface area contributed by atoms with E-state index in [-0.39, 0.29) is 24.5 Å². The fourth-order valence-electron chi connectivity index (χ4n) is 4.04. The van der Waals surface area contributed by atoms with Crippen molar-refractivity contribution in [3.8, 4) is 5.75 Å². The number of nitrogens with zero attached hydrogens (tertiary/aromatic N) is 2. The van der Waals surface area contributed by atoms with E-state index in [4.69, 9.17) is 4.74 Å². The van der Waals surface area contributed by atoms with E-state index in [9.17, 15) is 9.59 Å². The van der Waals surface area contributed by atoms with Gasteiger partial charge in [-0.15, -0.1) is 0 Å². The third-order valence-corrected chi connectivity index (χ3v) is 5.92. The molecule has 1 fully saturated rings. The van der Waals surface area contributed by atoms with Crippen molar-refractivity contribution in [3.05, 3.63) is 59.7 Å². The summed E-state index contributed by atoms with van der Waals surface area (Å²) in [4.78, 5) is 28.9. The number of rotatable bonds is 7. The van der Waals surface area contributed by atoms with Gasteiger partial charge in [0.2, 0.25) is 5.91 Å². The summed E-state index contributed by atoms with van der Waals surface area (Å²) < 4.78 is 5.76. The zero-order chi connectivity index (χ0) is 21.6. The number of carbonyl (C=O) groups excluding carboxylic acids is 2. The Morgan fingerprint density at radius 3 is 2.65 bits per heavy atom. The standard InChI is InChI=1S/C24H30N4O3/c1-27-11-13-28(14-12-27)16-22(18-5-3-2-4-6-18)26-24(30)17-31-20-8-9-21-19(15-20)7-10-23(29)25-21/h2-6,8-9,15,22H,7,10-14,16-17H2,1H3,(H,25,29)(H,26,30). The van der Waals surface area contributed by atoms with Crippen molar-refractivity contribution in [2.24, 2.45) is 0 Å². The minimum Gasteiger partial charge on any atom is -0.484 e. The lowest BCUT2D eigenvalue weighted by Gasteiger charge is -2.35. The van der Waals surface area contributed by atoms with Crippen LogP contribution in [-0.4, -0.2) is 68.0 Å². The number of benzene rings is 2. The molecule has 164 valence electrons. The van der Waals surface area contributed by atoms with Crippen LogP contribution in [-0.2, 0) is 16.0 Å². The van der Waals surface area contributed by atoms with E-state index in [0.717, 1.165) is 49.5 Å². The Morgan fingerprint density at radius 2 is 1.87 bits per heavy atom. The highest BCUT2D eigenvalue weighted by molar-refractivity contribution is 5.94. The summed E-state index contributed by atoms with van der Waals surface area (Å²) in [5.74, 6) is 0.530. The highest BCUT2D eigenvalue weighted by atomic mass is 16.5. The van der Waals surface area contributed by atoms with Crippen LogP contribution in [0.2, 0.25) is 0 Å². The van der Waals surface area contributed by atoms with Gasteiger partial charge in [-0.1, -0.05) is 30.3 Å². The summed E-state index contributed by atoms with van der Waals surface area (Å²) in [6.07, 6.45) is 1.16. The quantitative estimate of drug-likeness (QED) is 0.715. The molecule has 2 N–H and O–H groups in total. The average molecular weight is 423 g/mol. The topological polar surface area (TPSA) is 73.9 Å². The fraction of sp³-hybridized carbons (Fsp3) is 0.417. The van der Waals surface area contributed by atoms with Crippen LogP contribution in [0.3, 0.4) is 0 Å². The number of ether oxygens (including phenoxy) is 1. The van der Waals surface area contributed by atoms with E-state index in [1.165, 1.54) is 0 Å². The van der Waals surface area contributed by atoms with E-state index in [2.05, 4.69) is 39.6 Å². The first-order valence-electron chi connectivity index (χ1n) is 10.9. The Morgan fingerprint density at radius 1 is 1.10 bits per heavy atom. The fourth-order valence-corrected chi connectivity index (χ4v) is 4.04. The van der Waals surface area contributed by atoms with Crippen molar-refractivity contribution in [1.29, 1.82) is 0 Å². The summed E-state index contributed by atoms with van der Waals surface area (Å²) >= 11 is 0. The first-order chi connectivity index (χ1) is 15.1. The smallest absolute Gasteiger partial charge is 0.258 e. The Hall–Kier alpha value is -2.90. The molecule has 2 aliphatic heterocycles. The Kier molecular flexibility index (Phi) is 6.84. The Bertz CT molecular complexity index is 910. The largest absolute Gasteiger partial charge is 0.484 e. The molecule has 2 aromatic carbocycles. The van der Waals surface area contributed by atoms with Crippen LogP contribution in [0.15, 0.2) is 48.5 Å². The van der Waals surface area contributed by atoms with E-state index in [0.29, 0.717) is 18.6 Å². The van der Waals surface area contributed by atoms with Crippen LogP contribution < -0.4 is 15.4 Å². The molecule has 1 atom stereocenters. The predicted octanol–water partition coefficient (Wildman–Crippen LogP) is 2.05. The Balaban J connectivity index is 1.35. The van der Waals surface area contributed by atoms with Crippen LogP contribution in [0.1, 0.15) is 23.6 Å². The molecule has 1 unspecified atom stereocenters. The van der Waals surface area contributed by atoms with E-state index in [1.807, 2.05) is 30.3 Å². The average Bonchev–Trinajstić information content (AvgIpc) is 2.79. The molecule has 0 bridgehead atoms. The van der Waals surface area contributed by atoms with Gasteiger partial charge in [-0.05, 0) is 42.8 Å². The van der Waals surface area contributed by atoms with Gasteiger partial charge in [-0.3, -0.25) is 14.5 Å². The van der Waals surface area contributed by atoms with Crippen molar-refractivity contribution in [3.63, 3.8) is 0 Å². The number of aryl methyl sites for hydroxylation is 1. The normalized spacial score (nSPS) is 18.0. The van der Waals surface area contributed by atoms with Crippen LogP contribution in [0.5, 0.6) is 5.75 Å². The molecule has 0 spiro atoms. The number of carbonyl (C=O) groups is 2. The molecule has 1 saturated heterocycles. The molecule has 7 heteroatoms. The zero-order valence-electron chi connectivity index (χ0n) is 18.0. The summed E-state index contributed by atoms with van der Waals surface area (Å²) in [6.45, 7) is 4.81. The van der Waals surface area contributed by atoms with Crippen LogP contribution in [0, 0.1) is 0 Å².